The smallest absolute Gasteiger partial charge is 0.122 e. The third kappa shape index (κ3) is 1.79. The molecule has 1 aliphatic carbocycles. The Balaban J connectivity index is 2.53. The molecule has 1 aromatic rings. The minimum Gasteiger partial charge on any atom is -0.496 e. The van der Waals surface area contributed by atoms with E-state index in [1.807, 2.05) is 18.2 Å². The summed E-state index contributed by atoms with van der Waals surface area (Å²) in [5.41, 5.74) is 1.46. The topological polar surface area (TPSA) is 29.5 Å². The number of fused-ring (bicyclic) bond motifs is 1. The number of methoxy groups -OCH3 is 1. The highest BCUT2D eigenvalue weighted by Crippen LogP contribution is 2.40. The second-order valence-corrected chi connectivity index (χ2v) is 4.57. The molecule has 0 spiro atoms. The molecule has 1 aliphatic rings. The van der Waals surface area contributed by atoms with Crippen LogP contribution in [0.4, 0.5) is 0 Å². The number of halogens is 1. The Kier molecular flexibility index (Phi) is 3.03. The number of alkyl halides is 1. The third-order valence-electron chi connectivity index (χ3n) is 3.09. The van der Waals surface area contributed by atoms with Crippen molar-refractivity contribution in [3.05, 3.63) is 29.3 Å². The molecule has 82 valence electrons. The molecule has 1 unspecified atom stereocenters. The molecule has 0 saturated carbocycles. The van der Waals surface area contributed by atoms with E-state index in [1.54, 1.807) is 7.11 Å². The number of aliphatic hydroxyl groups is 1. The van der Waals surface area contributed by atoms with Gasteiger partial charge in [-0.05, 0) is 30.9 Å². The van der Waals surface area contributed by atoms with Crippen LogP contribution in [0.1, 0.15) is 24.0 Å². The number of benzene rings is 1. The molecular formula is C12H15BrO2. The monoisotopic (exact) mass is 270 g/mol. The maximum Gasteiger partial charge on any atom is 0.122 e. The lowest BCUT2D eigenvalue weighted by molar-refractivity contribution is 0.0446. The van der Waals surface area contributed by atoms with Gasteiger partial charge in [-0.25, -0.2) is 0 Å². The molecule has 0 bridgehead atoms. The second kappa shape index (κ2) is 4.14. The Bertz CT molecular complexity index is 365. The van der Waals surface area contributed by atoms with Gasteiger partial charge in [0.2, 0.25) is 0 Å². The molecule has 0 fully saturated rings. The average Bonchev–Trinajstić information content (AvgIpc) is 2.29. The fourth-order valence-corrected chi connectivity index (χ4v) is 2.86. The predicted molar refractivity (Wildman–Crippen MR) is 63.6 cm³/mol. The normalized spacial score (nSPS) is 24.7. The van der Waals surface area contributed by atoms with Crippen molar-refractivity contribution in [1.29, 1.82) is 0 Å². The quantitative estimate of drug-likeness (QED) is 0.838. The van der Waals surface area contributed by atoms with Crippen molar-refractivity contribution in [1.82, 2.24) is 0 Å². The summed E-state index contributed by atoms with van der Waals surface area (Å²) in [5.74, 6) is 0.895. The van der Waals surface area contributed by atoms with Crippen LogP contribution in [0, 0.1) is 0 Å². The van der Waals surface area contributed by atoms with Crippen LogP contribution in [0.2, 0.25) is 0 Å². The summed E-state index contributed by atoms with van der Waals surface area (Å²) in [4.78, 5) is 0. The molecule has 0 saturated heterocycles. The van der Waals surface area contributed by atoms with Crippen LogP contribution in [0.3, 0.4) is 0 Å². The molecule has 0 aliphatic heterocycles. The average molecular weight is 271 g/mol. The molecule has 1 aromatic carbocycles. The second-order valence-electron chi connectivity index (χ2n) is 4.01. The van der Waals surface area contributed by atoms with Crippen molar-refractivity contribution in [3.63, 3.8) is 0 Å². The molecular weight excluding hydrogens is 256 g/mol. The Morgan fingerprint density at radius 2 is 2.33 bits per heavy atom. The first-order chi connectivity index (χ1) is 7.21. The molecule has 2 nitrogen and oxygen atoms in total. The van der Waals surface area contributed by atoms with Crippen LogP contribution in [-0.4, -0.2) is 17.5 Å². The van der Waals surface area contributed by atoms with Crippen molar-refractivity contribution >= 4 is 15.9 Å². The summed E-state index contributed by atoms with van der Waals surface area (Å²) < 4.78 is 5.32. The van der Waals surface area contributed by atoms with Crippen LogP contribution in [0.15, 0.2) is 18.2 Å². The van der Waals surface area contributed by atoms with Crippen LogP contribution >= 0.6 is 15.9 Å². The van der Waals surface area contributed by atoms with Gasteiger partial charge >= 0.3 is 0 Å². The van der Waals surface area contributed by atoms with Crippen molar-refractivity contribution in [2.75, 3.05) is 12.4 Å². The molecule has 1 N–H and O–H groups in total. The van der Waals surface area contributed by atoms with E-state index in [1.165, 1.54) is 0 Å². The standard InChI is InChI=1S/C12H15BrO2/c1-15-11-6-2-5-10-9(11)4-3-7-12(10,14)8-13/h2,5-6,14H,3-4,7-8H2,1H3. The lowest BCUT2D eigenvalue weighted by Gasteiger charge is -2.33. The molecule has 0 radical (unpaired) electrons. The van der Waals surface area contributed by atoms with Gasteiger partial charge in [0.1, 0.15) is 5.75 Å². The van der Waals surface area contributed by atoms with Crippen molar-refractivity contribution in [3.8, 4) is 5.75 Å². The highest BCUT2D eigenvalue weighted by Gasteiger charge is 2.34. The Morgan fingerprint density at radius 3 is 3.00 bits per heavy atom. The van der Waals surface area contributed by atoms with E-state index in [-0.39, 0.29) is 0 Å². The fourth-order valence-electron chi connectivity index (χ4n) is 2.28. The van der Waals surface area contributed by atoms with Gasteiger partial charge < -0.3 is 9.84 Å². The first-order valence-corrected chi connectivity index (χ1v) is 6.28. The van der Waals surface area contributed by atoms with Gasteiger partial charge in [-0.15, -0.1) is 0 Å². The summed E-state index contributed by atoms with van der Waals surface area (Å²) in [6.07, 6.45) is 2.82. The SMILES string of the molecule is COc1cccc2c1CCCC2(O)CBr. The summed E-state index contributed by atoms with van der Waals surface area (Å²) in [6, 6.07) is 5.90. The lowest BCUT2D eigenvalue weighted by atomic mass is 9.80. The van der Waals surface area contributed by atoms with Gasteiger partial charge in [0.25, 0.3) is 0 Å². The van der Waals surface area contributed by atoms with Crippen LogP contribution < -0.4 is 4.74 Å². The Hall–Kier alpha value is -0.540. The van der Waals surface area contributed by atoms with Gasteiger partial charge in [-0.3, -0.25) is 0 Å². The largest absolute Gasteiger partial charge is 0.496 e. The number of rotatable bonds is 2. The zero-order valence-electron chi connectivity index (χ0n) is 8.79. The zero-order valence-corrected chi connectivity index (χ0v) is 10.4. The number of ether oxygens (including phenoxy) is 1. The molecule has 2 rings (SSSR count). The molecule has 0 aromatic heterocycles. The van der Waals surface area contributed by atoms with Crippen molar-refractivity contribution in [2.24, 2.45) is 0 Å². The van der Waals surface area contributed by atoms with E-state index in [2.05, 4.69) is 15.9 Å². The summed E-state index contributed by atoms with van der Waals surface area (Å²) in [7, 11) is 1.68. The Morgan fingerprint density at radius 1 is 1.53 bits per heavy atom. The molecule has 1 atom stereocenters. The van der Waals surface area contributed by atoms with E-state index < -0.39 is 5.60 Å². The fraction of sp³-hybridized carbons (Fsp3) is 0.500. The van der Waals surface area contributed by atoms with Crippen LogP contribution in [0.25, 0.3) is 0 Å². The van der Waals surface area contributed by atoms with Crippen molar-refractivity contribution in [2.45, 2.75) is 24.9 Å². The van der Waals surface area contributed by atoms with Gasteiger partial charge in [-0.2, -0.15) is 0 Å². The summed E-state index contributed by atoms with van der Waals surface area (Å²) in [5, 5.41) is 11.0. The van der Waals surface area contributed by atoms with Gasteiger partial charge in [0.05, 0.1) is 12.7 Å². The van der Waals surface area contributed by atoms with E-state index in [0.29, 0.717) is 5.33 Å². The summed E-state index contributed by atoms with van der Waals surface area (Å²) in [6.45, 7) is 0. The molecule has 3 heteroatoms. The predicted octanol–water partition coefficient (Wildman–Crippen LogP) is 2.61. The minimum atomic E-state index is -0.720. The van der Waals surface area contributed by atoms with E-state index in [4.69, 9.17) is 4.74 Å². The van der Waals surface area contributed by atoms with E-state index in [9.17, 15) is 5.11 Å². The number of hydrogen-bond acceptors (Lipinski definition) is 2. The van der Waals surface area contributed by atoms with Crippen molar-refractivity contribution < 1.29 is 9.84 Å². The van der Waals surface area contributed by atoms with E-state index in [0.717, 1.165) is 36.1 Å². The van der Waals surface area contributed by atoms with Crippen LogP contribution in [-0.2, 0) is 12.0 Å². The van der Waals surface area contributed by atoms with Gasteiger partial charge in [0.15, 0.2) is 0 Å². The lowest BCUT2D eigenvalue weighted by Crippen LogP contribution is -2.32. The highest BCUT2D eigenvalue weighted by molar-refractivity contribution is 9.09. The van der Waals surface area contributed by atoms with E-state index >= 15 is 0 Å². The minimum absolute atomic E-state index is 0.583. The van der Waals surface area contributed by atoms with Crippen LogP contribution in [0.5, 0.6) is 5.75 Å². The summed E-state index contributed by atoms with van der Waals surface area (Å²) >= 11 is 3.39. The molecule has 0 amide bonds. The maximum absolute atomic E-state index is 10.4. The highest BCUT2D eigenvalue weighted by atomic mass is 79.9. The maximum atomic E-state index is 10.4. The third-order valence-corrected chi connectivity index (χ3v) is 4.02. The first kappa shape index (κ1) is 11.0. The molecule has 0 heterocycles. The zero-order chi connectivity index (χ0) is 10.9. The number of hydrogen-bond donors (Lipinski definition) is 1. The van der Waals surface area contributed by atoms with Gasteiger partial charge in [-0.1, -0.05) is 28.1 Å². The Labute approximate surface area is 98.4 Å². The molecule has 15 heavy (non-hydrogen) atoms. The first-order valence-electron chi connectivity index (χ1n) is 5.16. The van der Waals surface area contributed by atoms with Gasteiger partial charge in [0, 0.05) is 10.9 Å².